The van der Waals surface area contributed by atoms with Crippen molar-refractivity contribution >= 4 is 37.6 Å². The second-order valence-electron chi connectivity index (χ2n) is 4.79. The van der Waals surface area contributed by atoms with Gasteiger partial charge < -0.3 is 9.47 Å². The van der Waals surface area contributed by atoms with Gasteiger partial charge in [-0.3, -0.25) is 4.72 Å². The summed E-state index contributed by atoms with van der Waals surface area (Å²) in [5, 5.41) is 0. The van der Waals surface area contributed by atoms with Crippen LogP contribution in [0, 0.1) is 5.82 Å². The third kappa shape index (κ3) is 5.43. The molecule has 0 aliphatic heterocycles. The summed E-state index contributed by atoms with van der Waals surface area (Å²) in [5.41, 5.74) is -0.161. The van der Waals surface area contributed by atoms with Crippen molar-refractivity contribution < 1.29 is 27.1 Å². The highest BCUT2D eigenvalue weighted by atomic mass is 79.9. The van der Waals surface area contributed by atoms with Gasteiger partial charge in [0.05, 0.1) is 17.2 Å². The fraction of sp³-hybridized carbons (Fsp3) is 0.188. The smallest absolute Gasteiger partial charge is 0.344 e. The maximum Gasteiger partial charge on any atom is 0.344 e. The number of hydrogen-bond donors (Lipinski definition) is 1. The highest BCUT2D eigenvalue weighted by molar-refractivity contribution is 9.10. The first kappa shape index (κ1) is 19.2. The van der Waals surface area contributed by atoms with Crippen molar-refractivity contribution in [1.82, 2.24) is 0 Å². The fourth-order valence-electron chi connectivity index (χ4n) is 1.84. The Morgan fingerprint density at radius 3 is 2.48 bits per heavy atom. The molecule has 0 fully saturated rings. The predicted octanol–water partition coefficient (Wildman–Crippen LogP) is 3.33. The minimum absolute atomic E-state index is 0.0710. The Bertz CT molecular complexity index is 855. The van der Waals surface area contributed by atoms with Crippen molar-refractivity contribution in [3.05, 3.63) is 52.8 Å². The molecule has 25 heavy (non-hydrogen) atoms. The van der Waals surface area contributed by atoms with Gasteiger partial charge in [-0.15, -0.1) is 0 Å². The van der Waals surface area contributed by atoms with Gasteiger partial charge in [0.25, 0.3) is 10.0 Å². The predicted molar refractivity (Wildman–Crippen MR) is 93.5 cm³/mol. The molecule has 0 amide bonds. The van der Waals surface area contributed by atoms with E-state index in [1.165, 1.54) is 36.4 Å². The second-order valence-corrected chi connectivity index (χ2v) is 7.39. The first-order valence-corrected chi connectivity index (χ1v) is 9.46. The SMILES string of the molecule is CCOC(=O)COc1ccc(S(=O)(=O)Nc2ccc(Br)cc2F)cc1. The molecule has 0 saturated heterocycles. The number of sulfonamides is 1. The first-order valence-electron chi connectivity index (χ1n) is 7.18. The van der Waals surface area contributed by atoms with Crippen LogP contribution in [-0.4, -0.2) is 27.6 Å². The van der Waals surface area contributed by atoms with Crippen LogP contribution < -0.4 is 9.46 Å². The maximum atomic E-state index is 13.8. The van der Waals surface area contributed by atoms with E-state index in [0.29, 0.717) is 10.2 Å². The zero-order valence-electron chi connectivity index (χ0n) is 13.2. The van der Waals surface area contributed by atoms with E-state index in [2.05, 4.69) is 20.7 Å². The van der Waals surface area contributed by atoms with Gasteiger partial charge in [0.2, 0.25) is 0 Å². The topological polar surface area (TPSA) is 81.7 Å². The van der Waals surface area contributed by atoms with E-state index in [1.807, 2.05) is 0 Å². The lowest BCUT2D eigenvalue weighted by Crippen LogP contribution is -2.15. The quantitative estimate of drug-likeness (QED) is 0.679. The molecule has 2 aromatic carbocycles. The van der Waals surface area contributed by atoms with Gasteiger partial charge in [-0.2, -0.15) is 0 Å². The van der Waals surface area contributed by atoms with E-state index in [0.717, 1.165) is 6.07 Å². The summed E-state index contributed by atoms with van der Waals surface area (Å²) in [4.78, 5) is 11.1. The molecule has 0 saturated carbocycles. The number of anilines is 1. The Morgan fingerprint density at radius 2 is 1.88 bits per heavy atom. The van der Waals surface area contributed by atoms with Crippen LogP contribution in [0.5, 0.6) is 5.75 Å². The molecule has 0 atom stereocenters. The number of rotatable bonds is 7. The fourth-order valence-corrected chi connectivity index (χ4v) is 3.24. The normalized spacial score (nSPS) is 11.0. The highest BCUT2D eigenvalue weighted by Crippen LogP contribution is 2.23. The van der Waals surface area contributed by atoms with Gasteiger partial charge in [-0.1, -0.05) is 15.9 Å². The van der Waals surface area contributed by atoms with Crippen LogP contribution in [0.2, 0.25) is 0 Å². The van der Waals surface area contributed by atoms with Crippen molar-refractivity contribution in [3.8, 4) is 5.75 Å². The molecule has 1 N–H and O–H groups in total. The number of esters is 1. The molecule has 0 bridgehead atoms. The van der Waals surface area contributed by atoms with Crippen LogP contribution in [0.3, 0.4) is 0 Å². The molecule has 0 heterocycles. The van der Waals surface area contributed by atoms with Gasteiger partial charge in [-0.05, 0) is 49.4 Å². The van der Waals surface area contributed by atoms with E-state index < -0.39 is 21.8 Å². The van der Waals surface area contributed by atoms with Crippen molar-refractivity contribution in [1.29, 1.82) is 0 Å². The van der Waals surface area contributed by atoms with E-state index in [-0.39, 0.29) is 23.8 Å². The minimum Gasteiger partial charge on any atom is -0.482 e. The van der Waals surface area contributed by atoms with Crippen LogP contribution >= 0.6 is 15.9 Å². The van der Waals surface area contributed by atoms with Gasteiger partial charge in [0, 0.05) is 4.47 Å². The monoisotopic (exact) mass is 431 g/mol. The molecule has 0 radical (unpaired) electrons. The Morgan fingerprint density at radius 1 is 1.20 bits per heavy atom. The van der Waals surface area contributed by atoms with E-state index in [1.54, 1.807) is 6.92 Å². The molecule has 134 valence electrons. The molecule has 0 unspecified atom stereocenters. The van der Waals surface area contributed by atoms with Crippen molar-refractivity contribution in [3.63, 3.8) is 0 Å². The average molecular weight is 432 g/mol. The summed E-state index contributed by atoms with van der Waals surface area (Å²) in [5.74, 6) is -0.916. The number of carbonyl (C=O) groups is 1. The summed E-state index contributed by atoms with van der Waals surface area (Å²) in [6.45, 7) is 1.65. The van der Waals surface area contributed by atoms with Crippen molar-refractivity contribution in [2.24, 2.45) is 0 Å². The Labute approximate surface area is 153 Å². The third-order valence-corrected chi connectivity index (χ3v) is 4.85. The molecule has 0 aliphatic carbocycles. The average Bonchev–Trinajstić information content (AvgIpc) is 2.56. The highest BCUT2D eigenvalue weighted by Gasteiger charge is 2.16. The van der Waals surface area contributed by atoms with Crippen LogP contribution in [0.25, 0.3) is 0 Å². The molecule has 6 nitrogen and oxygen atoms in total. The zero-order chi connectivity index (χ0) is 18.4. The van der Waals surface area contributed by atoms with E-state index >= 15 is 0 Å². The molecule has 0 aliphatic rings. The summed E-state index contributed by atoms with van der Waals surface area (Å²) < 4.78 is 50.9. The van der Waals surface area contributed by atoms with Crippen LogP contribution in [0.1, 0.15) is 6.92 Å². The number of carbonyl (C=O) groups excluding carboxylic acids is 1. The first-order chi connectivity index (χ1) is 11.8. The third-order valence-electron chi connectivity index (χ3n) is 2.97. The molecule has 9 heteroatoms. The summed E-state index contributed by atoms with van der Waals surface area (Å²) in [6.07, 6.45) is 0. The standard InChI is InChI=1S/C16H15BrFNO5S/c1-2-23-16(20)10-24-12-4-6-13(7-5-12)25(21,22)19-15-8-3-11(17)9-14(15)18/h3-9,19H,2,10H2,1H3. The maximum absolute atomic E-state index is 13.8. The largest absolute Gasteiger partial charge is 0.482 e. The summed E-state index contributed by atoms with van der Waals surface area (Å²) >= 11 is 3.10. The number of benzene rings is 2. The number of hydrogen-bond acceptors (Lipinski definition) is 5. The lowest BCUT2D eigenvalue weighted by Gasteiger charge is -2.10. The summed E-state index contributed by atoms with van der Waals surface area (Å²) in [6, 6.07) is 9.36. The van der Waals surface area contributed by atoms with Gasteiger partial charge in [0.1, 0.15) is 11.6 Å². The second kappa shape index (κ2) is 8.30. The van der Waals surface area contributed by atoms with Crippen molar-refractivity contribution in [2.45, 2.75) is 11.8 Å². The molecular formula is C16H15BrFNO5S. The van der Waals surface area contributed by atoms with Crippen LogP contribution in [0.15, 0.2) is 51.8 Å². The lowest BCUT2D eigenvalue weighted by molar-refractivity contribution is -0.145. The number of ether oxygens (including phenoxy) is 2. The number of halogens is 2. The molecule has 2 rings (SSSR count). The Kier molecular flexibility index (Phi) is 6.38. The molecule has 0 aromatic heterocycles. The Hall–Kier alpha value is -2.13. The zero-order valence-corrected chi connectivity index (χ0v) is 15.6. The molecular weight excluding hydrogens is 417 g/mol. The van der Waals surface area contributed by atoms with Crippen LogP contribution in [-0.2, 0) is 19.6 Å². The molecule has 2 aromatic rings. The van der Waals surface area contributed by atoms with Gasteiger partial charge in [0.15, 0.2) is 6.61 Å². The Balaban J connectivity index is 2.08. The van der Waals surface area contributed by atoms with E-state index in [4.69, 9.17) is 9.47 Å². The molecule has 0 spiro atoms. The number of nitrogens with one attached hydrogen (secondary N) is 1. The van der Waals surface area contributed by atoms with E-state index in [9.17, 15) is 17.6 Å². The van der Waals surface area contributed by atoms with Crippen molar-refractivity contribution in [2.75, 3.05) is 17.9 Å². The van der Waals surface area contributed by atoms with Crippen LogP contribution in [0.4, 0.5) is 10.1 Å². The summed E-state index contributed by atoms with van der Waals surface area (Å²) in [7, 11) is -3.96. The van der Waals surface area contributed by atoms with Gasteiger partial charge in [-0.25, -0.2) is 17.6 Å². The van der Waals surface area contributed by atoms with Gasteiger partial charge >= 0.3 is 5.97 Å². The minimum atomic E-state index is -3.96. The lowest BCUT2D eigenvalue weighted by atomic mass is 10.3.